The van der Waals surface area contributed by atoms with Crippen molar-refractivity contribution in [3.63, 3.8) is 0 Å². The highest BCUT2D eigenvalue weighted by Gasteiger charge is 2.34. The zero-order valence-electron chi connectivity index (χ0n) is 11.2. The first-order chi connectivity index (χ1) is 9.50. The van der Waals surface area contributed by atoms with Crippen molar-refractivity contribution in [3.8, 4) is 0 Å². The number of aromatic nitrogens is 1. The lowest BCUT2D eigenvalue weighted by molar-refractivity contribution is -0.135. The zero-order chi connectivity index (χ0) is 14.4. The maximum atomic E-state index is 12.1. The Bertz CT molecular complexity index is 773. The number of likely N-dealkylation sites (N-methyl/N-ethyl adjacent to an activating group) is 1. The minimum atomic E-state index is -0.273. The Morgan fingerprint density at radius 1 is 1.10 bits per heavy atom. The molecule has 0 radical (unpaired) electrons. The Morgan fingerprint density at radius 3 is 2.45 bits per heavy atom. The van der Waals surface area contributed by atoms with E-state index in [4.69, 9.17) is 0 Å². The number of rotatable bonds is 2. The largest absolute Gasteiger partial charge is 0.350 e. The molecule has 20 heavy (non-hydrogen) atoms. The van der Waals surface area contributed by atoms with Gasteiger partial charge in [0.25, 0.3) is 11.8 Å². The van der Waals surface area contributed by atoms with Gasteiger partial charge in [0.1, 0.15) is 0 Å². The van der Waals surface area contributed by atoms with Gasteiger partial charge in [-0.2, -0.15) is 0 Å². The molecule has 0 spiro atoms. The van der Waals surface area contributed by atoms with Crippen molar-refractivity contribution in [2.24, 2.45) is 7.05 Å². The Kier molecular flexibility index (Phi) is 3.01. The van der Waals surface area contributed by atoms with Crippen LogP contribution in [0.2, 0.25) is 0 Å². The second kappa shape index (κ2) is 4.59. The molecule has 0 saturated heterocycles. The number of benzene rings is 1. The molecule has 1 aliphatic heterocycles. The number of para-hydroxylation sites is 1. The van der Waals surface area contributed by atoms with Crippen LogP contribution in [0.5, 0.6) is 0 Å². The van der Waals surface area contributed by atoms with Gasteiger partial charge in [-0.1, -0.05) is 18.2 Å². The van der Waals surface area contributed by atoms with Gasteiger partial charge in [0.15, 0.2) is 0 Å². The quantitative estimate of drug-likeness (QED) is 0.792. The number of halogens is 1. The molecule has 0 atom stereocenters. The lowest BCUT2D eigenvalue weighted by atomic mass is 10.0. The predicted molar refractivity (Wildman–Crippen MR) is 80.4 cm³/mol. The van der Waals surface area contributed by atoms with Crippen molar-refractivity contribution in [1.82, 2.24) is 9.47 Å². The van der Waals surface area contributed by atoms with Crippen LogP contribution in [-0.4, -0.2) is 28.3 Å². The minimum Gasteiger partial charge on any atom is -0.350 e. The average Bonchev–Trinajstić information content (AvgIpc) is 2.86. The first-order valence-electron chi connectivity index (χ1n) is 6.24. The monoisotopic (exact) mass is 332 g/mol. The molecular formula is C15H13BrN2O2. The molecule has 1 aromatic carbocycles. The van der Waals surface area contributed by atoms with Crippen LogP contribution in [0.4, 0.5) is 0 Å². The van der Waals surface area contributed by atoms with Crippen LogP contribution < -0.4 is 0 Å². The van der Waals surface area contributed by atoms with Gasteiger partial charge < -0.3 is 4.57 Å². The molecule has 2 heterocycles. The van der Waals surface area contributed by atoms with E-state index in [1.54, 1.807) is 0 Å². The van der Waals surface area contributed by atoms with Crippen LogP contribution in [0.1, 0.15) is 5.56 Å². The molecule has 2 aromatic rings. The third-order valence-electron chi connectivity index (χ3n) is 3.67. The summed E-state index contributed by atoms with van der Waals surface area (Å²) < 4.78 is 2.40. The standard InChI is InChI=1S/C15H13BrN2O2/c1-17-8-9(10-5-3-4-6-12(10)17)7-11-13(16)15(20)18(2)14(11)19/h3-6,8H,7H2,1-2H3. The van der Waals surface area contributed by atoms with E-state index in [2.05, 4.69) is 15.9 Å². The van der Waals surface area contributed by atoms with Crippen LogP contribution in [0.3, 0.4) is 0 Å². The molecule has 0 unspecified atom stereocenters. The minimum absolute atomic E-state index is 0.227. The van der Waals surface area contributed by atoms with Crippen molar-refractivity contribution in [3.05, 3.63) is 46.1 Å². The normalized spacial score (nSPS) is 15.8. The lowest BCUT2D eigenvalue weighted by Gasteiger charge is -2.06. The van der Waals surface area contributed by atoms with E-state index in [9.17, 15) is 9.59 Å². The Hall–Kier alpha value is -1.88. The van der Waals surface area contributed by atoms with E-state index >= 15 is 0 Å². The second-order valence-corrected chi connectivity index (χ2v) is 5.71. The highest BCUT2D eigenvalue weighted by Crippen LogP contribution is 2.30. The highest BCUT2D eigenvalue weighted by atomic mass is 79.9. The van der Waals surface area contributed by atoms with E-state index in [0.717, 1.165) is 21.4 Å². The number of fused-ring (bicyclic) bond motifs is 1. The van der Waals surface area contributed by atoms with Crippen molar-refractivity contribution in [2.75, 3.05) is 7.05 Å². The van der Waals surface area contributed by atoms with E-state index in [1.165, 1.54) is 7.05 Å². The van der Waals surface area contributed by atoms with Crippen LogP contribution in [0.15, 0.2) is 40.5 Å². The van der Waals surface area contributed by atoms with Gasteiger partial charge in [-0.25, -0.2) is 0 Å². The van der Waals surface area contributed by atoms with Crippen LogP contribution in [-0.2, 0) is 23.1 Å². The Labute approximate surface area is 124 Å². The number of imide groups is 1. The molecule has 4 nitrogen and oxygen atoms in total. The van der Waals surface area contributed by atoms with Gasteiger partial charge in [0.2, 0.25) is 0 Å². The molecule has 0 saturated carbocycles. The maximum Gasteiger partial charge on any atom is 0.267 e. The number of amides is 2. The van der Waals surface area contributed by atoms with Gasteiger partial charge >= 0.3 is 0 Å². The summed E-state index contributed by atoms with van der Waals surface area (Å²) in [6.07, 6.45) is 2.46. The average molecular weight is 333 g/mol. The first-order valence-corrected chi connectivity index (χ1v) is 7.04. The number of nitrogens with zero attached hydrogens (tertiary/aromatic N) is 2. The second-order valence-electron chi connectivity index (χ2n) is 4.92. The smallest absolute Gasteiger partial charge is 0.267 e. The van der Waals surface area contributed by atoms with Crippen LogP contribution in [0, 0.1) is 0 Å². The summed E-state index contributed by atoms with van der Waals surface area (Å²) in [7, 11) is 3.48. The molecule has 1 aromatic heterocycles. The molecule has 5 heteroatoms. The van der Waals surface area contributed by atoms with E-state index < -0.39 is 0 Å². The summed E-state index contributed by atoms with van der Waals surface area (Å²) in [6, 6.07) is 8.03. The van der Waals surface area contributed by atoms with E-state index in [-0.39, 0.29) is 11.8 Å². The number of hydrogen-bond acceptors (Lipinski definition) is 2. The molecule has 0 N–H and O–H groups in total. The molecule has 102 valence electrons. The summed E-state index contributed by atoms with van der Waals surface area (Å²) >= 11 is 3.24. The SMILES string of the molecule is CN1C(=O)C(Br)=C(Cc2cn(C)c3ccccc23)C1=O. The molecule has 3 rings (SSSR count). The van der Waals surface area contributed by atoms with Gasteiger partial charge in [-0.3, -0.25) is 14.5 Å². The maximum absolute atomic E-state index is 12.1. The predicted octanol–water partition coefficient (Wildman–Crippen LogP) is 2.37. The number of aryl methyl sites for hydroxylation is 1. The molecule has 2 amide bonds. The topological polar surface area (TPSA) is 42.3 Å². The first kappa shape index (κ1) is 13.1. The summed E-state index contributed by atoms with van der Waals surface area (Å²) in [6.45, 7) is 0. The zero-order valence-corrected chi connectivity index (χ0v) is 12.8. The Morgan fingerprint density at radius 2 is 1.80 bits per heavy atom. The van der Waals surface area contributed by atoms with Crippen molar-refractivity contribution < 1.29 is 9.59 Å². The number of carbonyl (C=O) groups is 2. The summed E-state index contributed by atoms with van der Waals surface area (Å²) in [4.78, 5) is 25.0. The lowest BCUT2D eigenvalue weighted by Crippen LogP contribution is -2.26. The summed E-state index contributed by atoms with van der Waals surface area (Å²) in [5.41, 5.74) is 2.68. The number of carbonyl (C=O) groups excluding carboxylic acids is 2. The molecule has 0 aliphatic carbocycles. The Balaban J connectivity index is 2.07. The van der Waals surface area contributed by atoms with Crippen LogP contribution >= 0.6 is 15.9 Å². The molecule has 0 bridgehead atoms. The third kappa shape index (κ3) is 1.81. The fourth-order valence-corrected chi connectivity index (χ4v) is 3.15. The van der Waals surface area contributed by atoms with Gasteiger partial charge in [-0.05, 0) is 27.6 Å². The van der Waals surface area contributed by atoms with Gasteiger partial charge in [0.05, 0.1) is 4.48 Å². The fourth-order valence-electron chi connectivity index (χ4n) is 2.57. The highest BCUT2D eigenvalue weighted by molar-refractivity contribution is 9.12. The molecule has 1 aliphatic rings. The molecular weight excluding hydrogens is 320 g/mol. The summed E-state index contributed by atoms with van der Waals surface area (Å²) in [5.74, 6) is -0.500. The number of hydrogen-bond donors (Lipinski definition) is 0. The van der Waals surface area contributed by atoms with E-state index in [1.807, 2.05) is 42.1 Å². The fraction of sp³-hybridized carbons (Fsp3) is 0.200. The van der Waals surface area contributed by atoms with E-state index in [0.29, 0.717) is 16.5 Å². The van der Waals surface area contributed by atoms with Crippen LogP contribution in [0.25, 0.3) is 10.9 Å². The summed E-state index contributed by atoms with van der Waals surface area (Å²) in [5, 5.41) is 1.11. The van der Waals surface area contributed by atoms with Crippen molar-refractivity contribution >= 4 is 38.6 Å². The van der Waals surface area contributed by atoms with Gasteiger partial charge in [0, 0.05) is 43.2 Å². The molecule has 0 fully saturated rings. The van der Waals surface area contributed by atoms with Crippen molar-refractivity contribution in [2.45, 2.75) is 6.42 Å². The third-order valence-corrected chi connectivity index (χ3v) is 4.48. The van der Waals surface area contributed by atoms with Gasteiger partial charge in [-0.15, -0.1) is 0 Å². The van der Waals surface area contributed by atoms with Crippen molar-refractivity contribution in [1.29, 1.82) is 0 Å².